The van der Waals surface area contributed by atoms with Crippen LogP contribution in [0, 0.1) is 6.92 Å². The quantitative estimate of drug-likeness (QED) is 0.447. The molecule has 0 aromatic carbocycles. The Balaban J connectivity index is 0. The van der Waals surface area contributed by atoms with Crippen molar-refractivity contribution in [2.75, 3.05) is 0 Å². The van der Waals surface area contributed by atoms with E-state index in [0.29, 0.717) is 0 Å². The zero-order chi connectivity index (χ0) is 12.6. The number of aryl methyl sites for hydroxylation is 2. The number of hydrogen-bond donors (Lipinski definition) is 0. The van der Waals surface area contributed by atoms with E-state index in [2.05, 4.69) is 42.9 Å². The van der Waals surface area contributed by atoms with Crippen molar-refractivity contribution in [3.63, 3.8) is 0 Å². The van der Waals surface area contributed by atoms with Crippen molar-refractivity contribution in [1.29, 1.82) is 0 Å². The van der Waals surface area contributed by atoms with E-state index in [0.717, 1.165) is 6.54 Å². The van der Waals surface area contributed by atoms with Crippen molar-refractivity contribution in [1.82, 2.24) is 0 Å². The third-order valence-corrected chi connectivity index (χ3v) is 1.83. The van der Waals surface area contributed by atoms with Crippen LogP contribution in [0.15, 0.2) is 24.5 Å². The van der Waals surface area contributed by atoms with Crippen LogP contribution < -0.4 is 4.57 Å². The fraction of sp³-hybridized carbons (Fsp3) is 0.500. The molecule has 0 saturated carbocycles. The van der Waals surface area contributed by atoms with Crippen LogP contribution in [0.1, 0.15) is 25.3 Å². The van der Waals surface area contributed by atoms with Gasteiger partial charge in [0.05, 0.1) is 0 Å². The van der Waals surface area contributed by atoms with Crippen LogP contribution in [0.2, 0.25) is 0 Å². The second-order valence-corrected chi connectivity index (χ2v) is 3.46. The molecule has 0 bridgehead atoms. The molecular weight excluding hydrogens is 244 g/mol. The molecule has 0 N–H and O–H groups in total. The third kappa shape index (κ3) is 15.9. The van der Waals surface area contributed by atoms with Gasteiger partial charge in [-0.2, -0.15) is 0 Å². The van der Waals surface area contributed by atoms with Crippen molar-refractivity contribution in [2.24, 2.45) is 0 Å². The average molecular weight is 261 g/mol. The molecule has 0 aliphatic carbocycles. The van der Waals surface area contributed by atoms with Crippen molar-refractivity contribution in [3.8, 4) is 0 Å². The van der Waals surface area contributed by atoms with E-state index < -0.39 is 7.25 Å². The molecule has 0 saturated heterocycles. The predicted octanol–water partition coefficient (Wildman–Crippen LogP) is 2.73. The number of pyridine rings is 1. The monoisotopic (exact) mass is 261 g/mol. The summed E-state index contributed by atoms with van der Waals surface area (Å²) in [6.45, 7) is 5.48. The number of rotatable bonds is 3. The van der Waals surface area contributed by atoms with Gasteiger partial charge in [-0.3, -0.25) is 0 Å². The number of unbranched alkanes of at least 4 members (excludes halogenated alkanes) is 1. The summed E-state index contributed by atoms with van der Waals surface area (Å²) in [6.07, 6.45) is 6.82. The Bertz CT molecular complexity index is 283. The molecule has 0 radical (unpaired) electrons. The molecule has 0 atom stereocenters. The van der Waals surface area contributed by atoms with Gasteiger partial charge in [0.2, 0.25) is 0 Å². The summed E-state index contributed by atoms with van der Waals surface area (Å²) in [5.74, 6) is 0. The van der Waals surface area contributed by atoms with Crippen molar-refractivity contribution >= 4 is 36.8 Å². The first-order chi connectivity index (χ1) is 7.33. The number of nitrogens with zero attached hydrogens (tertiary/aromatic N) is 1. The number of hydrogen-bond acceptors (Lipinski definition) is 0. The van der Waals surface area contributed by atoms with E-state index >= 15 is 0 Å². The van der Waals surface area contributed by atoms with Crippen molar-refractivity contribution < 1.29 is 21.8 Å². The summed E-state index contributed by atoms with van der Waals surface area (Å²) < 4.78 is 41.2. The van der Waals surface area contributed by atoms with Crippen molar-refractivity contribution in [3.05, 3.63) is 30.1 Å². The molecule has 1 nitrogen and oxygen atoms in total. The minimum absolute atomic E-state index is 0. The Morgan fingerprint density at radius 2 is 1.53 bits per heavy atom. The molecule has 0 aliphatic rings. The van der Waals surface area contributed by atoms with Crippen LogP contribution in [-0.4, -0.2) is 36.8 Å². The summed E-state index contributed by atoms with van der Waals surface area (Å²) in [7, 11) is -6.00. The zero-order valence-electron chi connectivity index (χ0n) is 9.47. The number of aromatic nitrogens is 1. The van der Waals surface area contributed by atoms with Gasteiger partial charge in [0.25, 0.3) is 0 Å². The first-order valence-electron chi connectivity index (χ1n) is 5.16. The minimum atomic E-state index is -6.00. The van der Waals surface area contributed by atoms with Gasteiger partial charge in [0, 0.05) is 18.6 Å². The summed E-state index contributed by atoms with van der Waals surface area (Å²) in [4.78, 5) is 0. The van der Waals surface area contributed by atoms with Crippen LogP contribution in [0.5, 0.6) is 0 Å². The molecule has 1 rings (SSSR count). The van der Waals surface area contributed by atoms with E-state index in [1.807, 2.05) is 0 Å². The Labute approximate surface area is 122 Å². The zero-order valence-corrected chi connectivity index (χ0v) is 9.47. The molecule has 0 spiro atoms. The molecular formula is C10H17BF4NNa. The molecule has 0 fully saturated rings. The van der Waals surface area contributed by atoms with E-state index in [1.54, 1.807) is 0 Å². The van der Waals surface area contributed by atoms with Crippen LogP contribution in [0.3, 0.4) is 0 Å². The first kappa shape index (κ1) is 19.3. The third-order valence-electron chi connectivity index (χ3n) is 1.83. The van der Waals surface area contributed by atoms with Crippen LogP contribution in [-0.2, 0) is 6.54 Å². The fourth-order valence-electron chi connectivity index (χ4n) is 1.02. The van der Waals surface area contributed by atoms with Gasteiger partial charge in [-0.1, -0.05) is 13.3 Å². The maximum atomic E-state index is 9.75. The molecule has 7 heteroatoms. The average Bonchev–Trinajstić information content (AvgIpc) is 2.14. The molecule has 0 amide bonds. The maximum absolute atomic E-state index is 9.75. The van der Waals surface area contributed by atoms with Gasteiger partial charge in [0.15, 0.2) is 12.4 Å². The number of halogens is 4. The second-order valence-electron chi connectivity index (χ2n) is 3.46. The van der Waals surface area contributed by atoms with Gasteiger partial charge in [-0.15, -0.1) is 0 Å². The first-order valence-corrected chi connectivity index (χ1v) is 5.16. The topological polar surface area (TPSA) is 3.88 Å². The van der Waals surface area contributed by atoms with Gasteiger partial charge >= 0.3 is 36.8 Å². The second kappa shape index (κ2) is 9.91. The molecule has 0 aliphatic heterocycles. The van der Waals surface area contributed by atoms with Crippen LogP contribution in [0.25, 0.3) is 0 Å². The van der Waals surface area contributed by atoms with E-state index in [1.165, 1.54) is 18.4 Å². The predicted molar refractivity (Wildman–Crippen MR) is 63.6 cm³/mol. The van der Waals surface area contributed by atoms with Gasteiger partial charge in [-0.25, -0.2) is 4.57 Å². The summed E-state index contributed by atoms with van der Waals surface area (Å²) in [5, 5.41) is 0. The van der Waals surface area contributed by atoms with Gasteiger partial charge < -0.3 is 17.3 Å². The van der Waals surface area contributed by atoms with Gasteiger partial charge in [-0.05, 0) is 12.5 Å². The Kier molecular flexibility index (Phi) is 11.2. The fourth-order valence-corrected chi connectivity index (χ4v) is 1.02. The summed E-state index contributed by atoms with van der Waals surface area (Å²) >= 11 is 0. The standard InChI is InChI=1S/C10H16N.BF4.Na.H/c1-3-4-7-11-8-5-10(2)6-9-11;2-1(3,4)5;;/h5-6,8-9H,3-4,7H2,1-2H3;;;/q+1;-1;;. The molecule has 1 aromatic rings. The molecule has 0 unspecified atom stereocenters. The van der Waals surface area contributed by atoms with Gasteiger partial charge in [0.1, 0.15) is 6.54 Å². The molecule has 17 heavy (non-hydrogen) atoms. The van der Waals surface area contributed by atoms with Crippen molar-refractivity contribution in [2.45, 2.75) is 33.2 Å². The van der Waals surface area contributed by atoms with E-state index in [9.17, 15) is 17.3 Å². The summed E-state index contributed by atoms with van der Waals surface area (Å²) in [5.41, 5.74) is 1.33. The van der Waals surface area contributed by atoms with Crippen LogP contribution >= 0.6 is 0 Å². The Hall–Kier alpha value is -0.0651. The van der Waals surface area contributed by atoms with Crippen LogP contribution in [0.4, 0.5) is 17.3 Å². The van der Waals surface area contributed by atoms with E-state index in [4.69, 9.17) is 0 Å². The van der Waals surface area contributed by atoms with E-state index in [-0.39, 0.29) is 29.6 Å². The molecule has 1 aromatic heterocycles. The SMILES string of the molecule is CCCC[n+]1ccc(C)cc1.F[B-](F)(F)F.[NaH]. The Morgan fingerprint density at radius 1 is 1.12 bits per heavy atom. The normalized spacial score (nSPS) is 10.0. The Morgan fingerprint density at radius 3 is 1.88 bits per heavy atom. The summed E-state index contributed by atoms with van der Waals surface area (Å²) in [6, 6.07) is 4.30. The molecule has 1 heterocycles. The molecule has 94 valence electrons.